The molecule has 0 aliphatic heterocycles. The number of halogens is 6. The summed E-state index contributed by atoms with van der Waals surface area (Å²) in [5, 5.41) is 1.77. The molecule has 2 rings (SSSR count). The van der Waals surface area contributed by atoms with Crippen LogP contribution in [0, 0.1) is 5.82 Å². The number of rotatable bonds is 4. The molecule has 0 unspecified atom stereocenters. The Morgan fingerprint density at radius 2 is 1.96 bits per heavy atom. The van der Waals surface area contributed by atoms with Gasteiger partial charge in [0, 0.05) is 4.47 Å². The Kier molecular flexibility index (Phi) is 5.71. The maximum absolute atomic E-state index is 13.6. The standard InChI is InChI=1S/C15H9BrClF4NO2/c16-8-4-5-12(11(18)6-8)24-7-13(23)22-14-9(15(19,20)21)2-1-3-10(14)17/h1-6H,7H2,(H,22,23). The number of alkyl halides is 3. The van der Waals surface area contributed by atoms with Gasteiger partial charge in [-0.05, 0) is 30.3 Å². The number of para-hydroxylation sites is 1. The first kappa shape index (κ1) is 18.5. The number of amides is 1. The molecule has 0 spiro atoms. The van der Waals surface area contributed by atoms with Gasteiger partial charge < -0.3 is 10.1 Å². The lowest BCUT2D eigenvalue weighted by Crippen LogP contribution is -2.22. The molecule has 2 aromatic carbocycles. The number of nitrogens with one attached hydrogen (secondary N) is 1. The van der Waals surface area contributed by atoms with Gasteiger partial charge in [-0.15, -0.1) is 0 Å². The first-order valence-electron chi connectivity index (χ1n) is 6.42. The quantitative estimate of drug-likeness (QED) is 0.676. The molecule has 0 aliphatic rings. The Labute approximate surface area is 147 Å². The number of hydrogen-bond acceptors (Lipinski definition) is 2. The minimum atomic E-state index is -4.69. The second-order valence-electron chi connectivity index (χ2n) is 4.57. The molecular weight excluding hydrogens is 418 g/mol. The van der Waals surface area contributed by atoms with Crippen molar-refractivity contribution in [2.24, 2.45) is 0 Å². The molecule has 128 valence electrons. The van der Waals surface area contributed by atoms with Crippen LogP contribution < -0.4 is 10.1 Å². The minimum Gasteiger partial charge on any atom is -0.481 e. The van der Waals surface area contributed by atoms with Gasteiger partial charge in [0.15, 0.2) is 18.2 Å². The van der Waals surface area contributed by atoms with Crippen molar-refractivity contribution in [2.45, 2.75) is 6.18 Å². The molecule has 0 fully saturated rings. The van der Waals surface area contributed by atoms with Crippen LogP contribution in [0.2, 0.25) is 5.02 Å². The predicted octanol–water partition coefficient (Wildman–Crippen LogP) is 5.28. The summed E-state index contributed by atoms with van der Waals surface area (Å²) in [6, 6.07) is 7.02. The van der Waals surface area contributed by atoms with Crippen molar-refractivity contribution in [1.82, 2.24) is 0 Å². The van der Waals surface area contributed by atoms with E-state index in [4.69, 9.17) is 16.3 Å². The second-order valence-corrected chi connectivity index (χ2v) is 5.89. The molecule has 0 saturated heterocycles. The van der Waals surface area contributed by atoms with Crippen LogP contribution >= 0.6 is 27.5 Å². The Morgan fingerprint density at radius 1 is 1.25 bits per heavy atom. The van der Waals surface area contributed by atoms with E-state index in [1.807, 2.05) is 5.32 Å². The van der Waals surface area contributed by atoms with Crippen molar-refractivity contribution >= 4 is 39.1 Å². The second kappa shape index (κ2) is 7.40. The van der Waals surface area contributed by atoms with Crippen molar-refractivity contribution in [3.8, 4) is 5.75 Å². The van der Waals surface area contributed by atoms with Crippen molar-refractivity contribution in [1.29, 1.82) is 0 Å². The molecule has 24 heavy (non-hydrogen) atoms. The zero-order valence-corrected chi connectivity index (χ0v) is 14.1. The van der Waals surface area contributed by atoms with E-state index in [0.29, 0.717) is 4.47 Å². The van der Waals surface area contributed by atoms with E-state index < -0.39 is 35.8 Å². The first-order chi connectivity index (χ1) is 11.2. The monoisotopic (exact) mass is 425 g/mol. The first-order valence-corrected chi connectivity index (χ1v) is 7.59. The summed E-state index contributed by atoms with van der Waals surface area (Å²) in [4.78, 5) is 11.8. The van der Waals surface area contributed by atoms with E-state index in [1.54, 1.807) is 0 Å². The number of benzene rings is 2. The van der Waals surface area contributed by atoms with Gasteiger partial charge in [-0.25, -0.2) is 4.39 Å². The molecule has 0 bridgehead atoms. The lowest BCUT2D eigenvalue weighted by molar-refractivity contribution is -0.137. The number of ether oxygens (including phenoxy) is 1. The summed E-state index contributed by atoms with van der Waals surface area (Å²) >= 11 is 8.78. The third-order valence-electron chi connectivity index (χ3n) is 2.84. The number of carbonyl (C=O) groups is 1. The molecule has 0 aromatic heterocycles. The number of carbonyl (C=O) groups excluding carboxylic acids is 1. The van der Waals surface area contributed by atoms with Gasteiger partial charge in [0.05, 0.1) is 16.3 Å². The molecule has 0 radical (unpaired) electrons. The van der Waals surface area contributed by atoms with E-state index >= 15 is 0 Å². The van der Waals surface area contributed by atoms with Crippen LogP contribution in [-0.4, -0.2) is 12.5 Å². The fourth-order valence-corrected chi connectivity index (χ4v) is 2.35. The van der Waals surface area contributed by atoms with Crippen LogP contribution in [0.5, 0.6) is 5.75 Å². The highest BCUT2D eigenvalue weighted by molar-refractivity contribution is 9.10. The average molecular weight is 427 g/mol. The zero-order valence-electron chi connectivity index (χ0n) is 11.8. The summed E-state index contributed by atoms with van der Waals surface area (Å²) in [5.41, 5.74) is -1.66. The molecule has 3 nitrogen and oxygen atoms in total. The lowest BCUT2D eigenvalue weighted by atomic mass is 10.1. The summed E-state index contributed by atoms with van der Waals surface area (Å²) < 4.78 is 57.8. The summed E-state index contributed by atoms with van der Waals surface area (Å²) in [6.45, 7) is -0.679. The molecular formula is C15H9BrClF4NO2. The molecule has 2 aromatic rings. The van der Waals surface area contributed by atoms with Crippen molar-refractivity contribution < 1.29 is 27.1 Å². The van der Waals surface area contributed by atoms with Crippen LogP contribution in [0.25, 0.3) is 0 Å². The van der Waals surface area contributed by atoms with E-state index in [1.165, 1.54) is 18.2 Å². The van der Waals surface area contributed by atoms with Gasteiger partial charge in [-0.2, -0.15) is 13.2 Å². The molecule has 0 heterocycles. The minimum absolute atomic E-state index is 0.205. The largest absolute Gasteiger partial charge is 0.481 e. The van der Waals surface area contributed by atoms with Crippen LogP contribution in [-0.2, 0) is 11.0 Å². The maximum Gasteiger partial charge on any atom is 0.418 e. The predicted molar refractivity (Wildman–Crippen MR) is 84.7 cm³/mol. The fraction of sp³-hybridized carbons (Fsp3) is 0.133. The van der Waals surface area contributed by atoms with Crippen molar-refractivity contribution in [2.75, 3.05) is 11.9 Å². The van der Waals surface area contributed by atoms with Gasteiger partial charge >= 0.3 is 6.18 Å². The highest BCUT2D eigenvalue weighted by Gasteiger charge is 2.34. The van der Waals surface area contributed by atoms with Gasteiger partial charge in [-0.1, -0.05) is 33.6 Å². The SMILES string of the molecule is O=C(COc1ccc(Br)cc1F)Nc1c(Cl)cccc1C(F)(F)F. The highest BCUT2D eigenvalue weighted by atomic mass is 79.9. The molecule has 9 heteroatoms. The average Bonchev–Trinajstić information content (AvgIpc) is 2.47. The Bertz CT molecular complexity index is 768. The lowest BCUT2D eigenvalue weighted by Gasteiger charge is -2.15. The molecule has 1 N–H and O–H groups in total. The van der Waals surface area contributed by atoms with Crippen LogP contribution in [0.1, 0.15) is 5.56 Å². The Morgan fingerprint density at radius 3 is 2.58 bits per heavy atom. The topological polar surface area (TPSA) is 38.3 Å². The molecule has 0 saturated carbocycles. The molecule has 1 amide bonds. The van der Waals surface area contributed by atoms with Crippen LogP contribution in [0.15, 0.2) is 40.9 Å². The molecule has 0 atom stereocenters. The van der Waals surface area contributed by atoms with Crippen LogP contribution in [0.4, 0.5) is 23.2 Å². The van der Waals surface area contributed by atoms with E-state index in [0.717, 1.165) is 18.2 Å². The normalized spacial score (nSPS) is 11.2. The van der Waals surface area contributed by atoms with Crippen molar-refractivity contribution in [3.63, 3.8) is 0 Å². The highest BCUT2D eigenvalue weighted by Crippen LogP contribution is 2.38. The van der Waals surface area contributed by atoms with Gasteiger partial charge in [0.2, 0.25) is 0 Å². The summed E-state index contributed by atoms with van der Waals surface area (Å²) in [7, 11) is 0. The summed E-state index contributed by atoms with van der Waals surface area (Å²) in [6.07, 6.45) is -4.69. The van der Waals surface area contributed by atoms with Gasteiger partial charge in [-0.3, -0.25) is 4.79 Å². The Hall–Kier alpha value is -1.80. The summed E-state index contributed by atoms with van der Waals surface area (Å²) in [5.74, 6) is -1.83. The van der Waals surface area contributed by atoms with Crippen molar-refractivity contribution in [3.05, 3.63) is 57.3 Å². The number of anilines is 1. The fourth-order valence-electron chi connectivity index (χ4n) is 1.80. The molecule has 0 aliphatic carbocycles. The zero-order chi connectivity index (χ0) is 17.9. The maximum atomic E-state index is 13.6. The van der Waals surface area contributed by atoms with Gasteiger partial charge in [0.1, 0.15) is 0 Å². The smallest absolute Gasteiger partial charge is 0.418 e. The van der Waals surface area contributed by atoms with E-state index in [9.17, 15) is 22.4 Å². The third kappa shape index (κ3) is 4.61. The third-order valence-corrected chi connectivity index (χ3v) is 3.64. The van der Waals surface area contributed by atoms with E-state index in [2.05, 4.69) is 15.9 Å². The number of hydrogen-bond donors (Lipinski definition) is 1. The Balaban J connectivity index is 2.10. The van der Waals surface area contributed by atoms with Gasteiger partial charge in [0.25, 0.3) is 5.91 Å². The van der Waals surface area contributed by atoms with Crippen LogP contribution in [0.3, 0.4) is 0 Å². The van der Waals surface area contributed by atoms with E-state index in [-0.39, 0.29) is 10.8 Å².